The molecule has 1 aromatic rings. The SMILES string of the molecule is CCN(CC)C(=O)[C@@H](C)NC(=O)Cc1ccc(Cl)c(Cl)c1. The largest absolute Gasteiger partial charge is 0.344 e. The van der Waals surface area contributed by atoms with Crippen LogP contribution in [0.25, 0.3) is 0 Å². The molecule has 1 aromatic carbocycles. The summed E-state index contributed by atoms with van der Waals surface area (Å²) in [6.45, 7) is 6.76. The minimum atomic E-state index is -0.542. The normalized spacial score (nSPS) is 11.9. The van der Waals surface area contributed by atoms with Crippen LogP contribution in [0.2, 0.25) is 10.0 Å². The van der Waals surface area contributed by atoms with Crippen molar-refractivity contribution in [2.24, 2.45) is 0 Å². The lowest BCUT2D eigenvalue weighted by Gasteiger charge is -2.23. The first-order chi connectivity index (χ1) is 9.88. The molecule has 0 aliphatic carbocycles. The molecule has 0 spiro atoms. The Morgan fingerprint density at radius 2 is 1.81 bits per heavy atom. The molecule has 116 valence electrons. The van der Waals surface area contributed by atoms with Crippen molar-refractivity contribution in [1.29, 1.82) is 0 Å². The van der Waals surface area contributed by atoms with Crippen molar-refractivity contribution >= 4 is 35.0 Å². The van der Waals surface area contributed by atoms with Gasteiger partial charge in [0.05, 0.1) is 16.5 Å². The van der Waals surface area contributed by atoms with Gasteiger partial charge in [-0.3, -0.25) is 9.59 Å². The summed E-state index contributed by atoms with van der Waals surface area (Å²) >= 11 is 11.7. The van der Waals surface area contributed by atoms with E-state index in [9.17, 15) is 9.59 Å². The van der Waals surface area contributed by atoms with Crippen LogP contribution in [0, 0.1) is 0 Å². The molecule has 0 fully saturated rings. The van der Waals surface area contributed by atoms with Gasteiger partial charge in [-0.2, -0.15) is 0 Å². The quantitative estimate of drug-likeness (QED) is 0.871. The fourth-order valence-corrected chi connectivity index (χ4v) is 2.32. The molecule has 1 atom stereocenters. The maximum atomic E-state index is 12.1. The highest BCUT2D eigenvalue weighted by atomic mass is 35.5. The van der Waals surface area contributed by atoms with Crippen molar-refractivity contribution in [2.45, 2.75) is 33.2 Å². The second kappa shape index (κ2) is 8.25. The maximum absolute atomic E-state index is 12.1. The Balaban J connectivity index is 2.60. The Morgan fingerprint density at radius 1 is 1.19 bits per heavy atom. The van der Waals surface area contributed by atoms with Crippen LogP contribution in [0.1, 0.15) is 26.3 Å². The predicted octanol–water partition coefficient (Wildman–Crippen LogP) is 2.91. The Kier molecular flexibility index (Phi) is 6.99. The Hall–Kier alpha value is -1.26. The summed E-state index contributed by atoms with van der Waals surface area (Å²) in [7, 11) is 0. The third-order valence-corrected chi connectivity index (χ3v) is 3.91. The van der Waals surface area contributed by atoms with Crippen molar-refractivity contribution in [3.8, 4) is 0 Å². The number of nitrogens with one attached hydrogen (secondary N) is 1. The first-order valence-corrected chi connectivity index (χ1v) is 7.66. The third-order valence-electron chi connectivity index (χ3n) is 3.17. The van der Waals surface area contributed by atoms with E-state index < -0.39 is 6.04 Å². The fraction of sp³-hybridized carbons (Fsp3) is 0.467. The number of nitrogens with zero attached hydrogens (tertiary/aromatic N) is 1. The molecule has 1 N–H and O–H groups in total. The van der Waals surface area contributed by atoms with Crippen LogP contribution in [-0.4, -0.2) is 35.8 Å². The van der Waals surface area contributed by atoms with Gasteiger partial charge >= 0.3 is 0 Å². The van der Waals surface area contributed by atoms with Crippen LogP contribution in [0.4, 0.5) is 0 Å². The van der Waals surface area contributed by atoms with E-state index >= 15 is 0 Å². The first kappa shape index (κ1) is 17.8. The number of carbonyl (C=O) groups excluding carboxylic acids is 2. The minimum absolute atomic E-state index is 0.0810. The van der Waals surface area contributed by atoms with Gasteiger partial charge < -0.3 is 10.2 Å². The average Bonchev–Trinajstić information content (AvgIpc) is 2.44. The van der Waals surface area contributed by atoms with Gasteiger partial charge in [0, 0.05) is 13.1 Å². The number of hydrogen-bond donors (Lipinski definition) is 1. The number of likely N-dealkylation sites (N-methyl/N-ethyl adjacent to an activating group) is 1. The minimum Gasteiger partial charge on any atom is -0.344 e. The van der Waals surface area contributed by atoms with E-state index in [-0.39, 0.29) is 18.2 Å². The van der Waals surface area contributed by atoms with Crippen LogP contribution in [0.5, 0.6) is 0 Å². The van der Waals surface area contributed by atoms with Crippen molar-refractivity contribution < 1.29 is 9.59 Å². The van der Waals surface area contributed by atoms with E-state index in [0.29, 0.717) is 23.1 Å². The summed E-state index contributed by atoms with van der Waals surface area (Å²) in [4.78, 5) is 25.7. The summed E-state index contributed by atoms with van der Waals surface area (Å²) in [5.74, 6) is -0.302. The number of benzene rings is 1. The molecule has 0 radical (unpaired) electrons. The van der Waals surface area contributed by atoms with E-state index in [1.165, 1.54) is 0 Å². The number of rotatable bonds is 6. The number of carbonyl (C=O) groups is 2. The fourth-order valence-electron chi connectivity index (χ4n) is 2.00. The van der Waals surface area contributed by atoms with E-state index in [4.69, 9.17) is 23.2 Å². The molecular formula is C15H20Cl2N2O2. The maximum Gasteiger partial charge on any atom is 0.244 e. The molecule has 2 amide bonds. The summed E-state index contributed by atoms with van der Waals surface area (Å²) in [6.07, 6.45) is 0.159. The van der Waals surface area contributed by atoms with Crippen LogP contribution in [0.15, 0.2) is 18.2 Å². The van der Waals surface area contributed by atoms with Crippen molar-refractivity contribution in [3.63, 3.8) is 0 Å². The van der Waals surface area contributed by atoms with Gasteiger partial charge in [-0.1, -0.05) is 29.3 Å². The molecule has 0 aromatic heterocycles. The smallest absolute Gasteiger partial charge is 0.244 e. The monoisotopic (exact) mass is 330 g/mol. The van der Waals surface area contributed by atoms with Crippen molar-refractivity contribution in [1.82, 2.24) is 10.2 Å². The summed E-state index contributed by atoms with van der Waals surface area (Å²) < 4.78 is 0. The Bertz CT molecular complexity index is 516. The molecule has 0 bridgehead atoms. The molecule has 21 heavy (non-hydrogen) atoms. The van der Waals surface area contributed by atoms with E-state index in [0.717, 1.165) is 5.56 Å². The first-order valence-electron chi connectivity index (χ1n) is 6.91. The molecule has 4 nitrogen and oxygen atoms in total. The van der Waals surface area contributed by atoms with Crippen molar-refractivity contribution in [2.75, 3.05) is 13.1 Å². The van der Waals surface area contributed by atoms with Gasteiger partial charge in [-0.25, -0.2) is 0 Å². The third kappa shape index (κ3) is 5.21. The number of hydrogen-bond acceptors (Lipinski definition) is 2. The molecule has 0 saturated carbocycles. The molecule has 0 aliphatic heterocycles. The highest BCUT2D eigenvalue weighted by Gasteiger charge is 2.19. The van der Waals surface area contributed by atoms with Gasteiger partial charge in [0.2, 0.25) is 11.8 Å². The Labute approximate surface area is 135 Å². The number of amides is 2. The molecule has 0 saturated heterocycles. The Morgan fingerprint density at radius 3 is 2.33 bits per heavy atom. The lowest BCUT2D eigenvalue weighted by Crippen LogP contribution is -2.47. The molecular weight excluding hydrogens is 311 g/mol. The van der Waals surface area contributed by atoms with Crippen LogP contribution in [0.3, 0.4) is 0 Å². The molecule has 0 aliphatic rings. The number of halogens is 2. The average molecular weight is 331 g/mol. The van der Waals surface area contributed by atoms with Crippen LogP contribution < -0.4 is 5.32 Å². The second-order valence-corrected chi connectivity index (χ2v) is 5.54. The zero-order valence-corrected chi connectivity index (χ0v) is 14.0. The second-order valence-electron chi connectivity index (χ2n) is 4.72. The predicted molar refractivity (Wildman–Crippen MR) is 85.7 cm³/mol. The van der Waals surface area contributed by atoms with E-state index in [2.05, 4.69) is 5.32 Å². The van der Waals surface area contributed by atoms with Gasteiger partial charge in [0.15, 0.2) is 0 Å². The zero-order valence-electron chi connectivity index (χ0n) is 12.5. The topological polar surface area (TPSA) is 49.4 Å². The zero-order chi connectivity index (χ0) is 16.0. The standard InChI is InChI=1S/C15H20Cl2N2O2/c1-4-19(5-2)15(21)10(3)18-14(20)9-11-6-7-12(16)13(17)8-11/h6-8,10H,4-5,9H2,1-3H3,(H,18,20)/t10-/m1/s1. The lowest BCUT2D eigenvalue weighted by atomic mass is 10.1. The van der Waals surface area contributed by atoms with Crippen LogP contribution in [-0.2, 0) is 16.0 Å². The molecule has 0 unspecified atom stereocenters. The molecule has 1 rings (SSSR count). The van der Waals surface area contributed by atoms with Crippen LogP contribution >= 0.6 is 23.2 Å². The molecule has 6 heteroatoms. The van der Waals surface area contributed by atoms with Gasteiger partial charge in [0.25, 0.3) is 0 Å². The lowest BCUT2D eigenvalue weighted by molar-refractivity contribution is -0.135. The van der Waals surface area contributed by atoms with Gasteiger partial charge in [-0.15, -0.1) is 0 Å². The van der Waals surface area contributed by atoms with E-state index in [1.807, 2.05) is 13.8 Å². The van der Waals surface area contributed by atoms with E-state index in [1.54, 1.807) is 30.0 Å². The molecule has 0 heterocycles. The summed E-state index contributed by atoms with van der Waals surface area (Å²) in [6, 6.07) is 4.50. The highest BCUT2D eigenvalue weighted by Crippen LogP contribution is 2.22. The summed E-state index contributed by atoms with van der Waals surface area (Å²) in [5, 5.41) is 3.57. The van der Waals surface area contributed by atoms with Crippen molar-refractivity contribution in [3.05, 3.63) is 33.8 Å². The summed E-state index contributed by atoms with van der Waals surface area (Å²) in [5.41, 5.74) is 0.754. The van der Waals surface area contributed by atoms with Gasteiger partial charge in [0.1, 0.15) is 6.04 Å². The van der Waals surface area contributed by atoms with Gasteiger partial charge in [-0.05, 0) is 38.5 Å². The highest BCUT2D eigenvalue weighted by molar-refractivity contribution is 6.42.